The molecule has 0 heterocycles. The van der Waals surface area contributed by atoms with Gasteiger partial charge in [0, 0.05) is 11.5 Å². The van der Waals surface area contributed by atoms with Crippen LogP contribution in [0.15, 0.2) is 48.5 Å². The third-order valence-corrected chi connectivity index (χ3v) is 3.44. The first-order valence-electron chi connectivity index (χ1n) is 7.04. The van der Waals surface area contributed by atoms with Gasteiger partial charge in [0.1, 0.15) is 12.4 Å². The van der Waals surface area contributed by atoms with Crippen molar-refractivity contribution in [2.24, 2.45) is 0 Å². The van der Waals surface area contributed by atoms with Gasteiger partial charge < -0.3 is 9.84 Å². The lowest BCUT2D eigenvalue weighted by Crippen LogP contribution is -2.14. The van der Waals surface area contributed by atoms with Gasteiger partial charge in [0.05, 0.1) is 6.10 Å². The molecule has 1 N–H and O–H groups in total. The second-order valence-corrected chi connectivity index (χ2v) is 5.33. The maximum atomic E-state index is 9.37. The topological polar surface area (TPSA) is 29.5 Å². The van der Waals surface area contributed by atoms with Crippen LogP contribution in [0.1, 0.15) is 36.5 Å². The minimum atomic E-state index is -0.460. The zero-order valence-corrected chi connectivity index (χ0v) is 12.3. The van der Waals surface area contributed by atoms with Gasteiger partial charge in [-0.3, -0.25) is 0 Å². The van der Waals surface area contributed by atoms with E-state index >= 15 is 0 Å². The van der Waals surface area contributed by atoms with Crippen LogP contribution in [0.3, 0.4) is 0 Å². The fourth-order valence-electron chi connectivity index (χ4n) is 2.21. The largest absolute Gasteiger partial charge is 0.491 e. The molecule has 0 spiro atoms. The number of rotatable bonds is 5. The smallest absolute Gasteiger partial charge is 0.123 e. The Morgan fingerprint density at radius 3 is 2.30 bits per heavy atom. The van der Waals surface area contributed by atoms with E-state index in [0.717, 1.165) is 11.3 Å². The molecule has 0 bridgehead atoms. The number of aryl methyl sites for hydroxylation is 1. The highest BCUT2D eigenvalue weighted by Gasteiger charge is 2.13. The number of benzene rings is 2. The zero-order valence-electron chi connectivity index (χ0n) is 12.3. The van der Waals surface area contributed by atoms with Gasteiger partial charge in [-0.2, -0.15) is 0 Å². The van der Waals surface area contributed by atoms with Gasteiger partial charge in [-0.15, -0.1) is 0 Å². The number of aliphatic hydroxyl groups is 1. The molecule has 2 nitrogen and oxygen atoms in total. The van der Waals surface area contributed by atoms with Gasteiger partial charge in [0.2, 0.25) is 0 Å². The van der Waals surface area contributed by atoms with Crippen LogP contribution in [0, 0.1) is 6.92 Å². The zero-order chi connectivity index (χ0) is 14.5. The van der Waals surface area contributed by atoms with Crippen LogP contribution in [0.4, 0.5) is 0 Å². The molecule has 0 saturated heterocycles. The molecule has 0 amide bonds. The van der Waals surface area contributed by atoms with Crippen molar-refractivity contribution in [1.29, 1.82) is 0 Å². The summed E-state index contributed by atoms with van der Waals surface area (Å²) in [6, 6.07) is 16.6. The molecule has 0 aliphatic carbocycles. The first kappa shape index (κ1) is 14.6. The Balaban J connectivity index is 2.24. The normalized spacial score (nSPS) is 13.8. The highest BCUT2D eigenvalue weighted by Crippen LogP contribution is 2.31. The van der Waals surface area contributed by atoms with Gasteiger partial charge in [-0.25, -0.2) is 0 Å². The van der Waals surface area contributed by atoms with Gasteiger partial charge in [0.25, 0.3) is 0 Å². The molecule has 2 aromatic rings. The summed E-state index contributed by atoms with van der Waals surface area (Å²) >= 11 is 0. The molecule has 2 rings (SSSR count). The van der Waals surface area contributed by atoms with Crippen molar-refractivity contribution in [1.82, 2.24) is 0 Å². The molecule has 0 fully saturated rings. The van der Waals surface area contributed by atoms with E-state index in [4.69, 9.17) is 4.74 Å². The molecule has 0 aromatic heterocycles. The molecule has 0 aliphatic rings. The second kappa shape index (κ2) is 6.58. The average Bonchev–Trinajstić information content (AvgIpc) is 2.45. The van der Waals surface area contributed by atoms with Crippen molar-refractivity contribution in [3.05, 3.63) is 65.2 Å². The molecule has 0 radical (unpaired) electrons. The van der Waals surface area contributed by atoms with Crippen molar-refractivity contribution < 1.29 is 9.84 Å². The molecule has 2 heteroatoms. The number of para-hydroxylation sites is 1. The number of hydrogen-bond donors (Lipinski definition) is 1. The van der Waals surface area contributed by atoms with E-state index in [9.17, 15) is 5.11 Å². The quantitative estimate of drug-likeness (QED) is 0.892. The standard InChI is InChI=1S/C18H22O2/c1-13-8-10-16(11-9-13)15(3)17-6-4-5-7-18(17)20-12-14(2)19/h4-11,14-15,19H,12H2,1-3H3. The van der Waals surface area contributed by atoms with Crippen molar-refractivity contribution in [3.8, 4) is 5.75 Å². The van der Waals surface area contributed by atoms with E-state index < -0.39 is 6.10 Å². The predicted octanol–water partition coefficient (Wildman–Crippen LogP) is 3.91. The van der Waals surface area contributed by atoms with Crippen LogP contribution < -0.4 is 4.74 Å². The summed E-state index contributed by atoms with van der Waals surface area (Å²) in [5.74, 6) is 1.11. The summed E-state index contributed by atoms with van der Waals surface area (Å²) < 4.78 is 5.71. The third-order valence-electron chi connectivity index (χ3n) is 3.44. The van der Waals surface area contributed by atoms with Crippen LogP contribution in [0.25, 0.3) is 0 Å². The Labute approximate surface area is 121 Å². The summed E-state index contributed by atoms with van der Waals surface area (Å²) in [6.07, 6.45) is -0.460. The molecule has 2 unspecified atom stereocenters. The SMILES string of the molecule is Cc1ccc(C(C)c2ccccc2OCC(C)O)cc1. The number of hydrogen-bond acceptors (Lipinski definition) is 2. The summed E-state index contributed by atoms with van der Waals surface area (Å²) in [7, 11) is 0. The fraction of sp³-hybridized carbons (Fsp3) is 0.333. The Bertz CT molecular complexity index is 544. The highest BCUT2D eigenvalue weighted by molar-refractivity contribution is 5.42. The number of aliphatic hydroxyl groups excluding tert-OH is 1. The van der Waals surface area contributed by atoms with Gasteiger partial charge >= 0.3 is 0 Å². The molecule has 2 aromatic carbocycles. The van der Waals surface area contributed by atoms with E-state index in [2.05, 4.69) is 44.2 Å². The van der Waals surface area contributed by atoms with Crippen LogP contribution >= 0.6 is 0 Å². The first-order chi connectivity index (χ1) is 9.58. The van der Waals surface area contributed by atoms with E-state index in [-0.39, 0.29) is 5.92 Å². The molecule has 2 atom stereocenters. The molecule has 106 valence electrons. The number of ether oxygens (including phenoxy) is 1. The Kier molecular flexibility index (Phi) is 4.80. The monoisotopic (exact) mass is 270 g/mol. The second-order valence-electron chi connectivity index (χ2n) is 5.33. The lowest BCUT2D eigenvalue weighted by Gasteiger charge is -2.18. The minimum Gasteiger partial charge on any atom is -0.491 e. The summed E-state index contributed by atoms with van der Waals surface area (Å²) in [5, 5.41) is 9.37. The van der Waals surface area contributed by atoms with Crippen molar-refractivity contribution in [2.45, 2.75) is 32.8 Å². The summed E-state index contributed by atoms with van der Waals surface area (Å²) in [5.41, 5.74) is 3.68. The molecular weight excluding hydrogens is 248 g/mol. The summed E-state index contributed by atoms with van der Waals surface area (Å²) in [6.45, 7) is 6.31. The molecule has 0 aliphatic heterocycles. The Morgan fingerprint density at radius 2 is 1.65 bits per heavy atom. The van der Waals surface area contributed by atoms with E-state index in [1.165, 1.54) is 11.1 Å². The van der Waals surface area contributed by atoms with Crippen LogP contribution in [-0.2, 0) is 0 Å². The summed E-state index contributed by atoms with van der Waals surface area (Å²) in [4.78, 5) is 0. The molecular formula is C18H22O2. The maximum Gasteiger partial charge on any atom is 0.123 e. The maximum absolute atomic E-state index is 9.37. The Hall–Kier alpha value is -1.80. The third kappa shape index (κ3) is 3.61. The predicted molar refractivity (Wildman–Crippen MR) is 82.3 cm³/mol. The fourth-order valence-corrected chi connectivity index (χ4v) is 2.21. The van der Waals surface area contributed by atoms with Crippen molar-refractivity contribution in [2.75, 3.05) is 6.61 Å². The van der Waals surface area contributed by atoms with Crippen molar-refractivity contribution in [3.63, 3.8) is 0 Å². The van der Waals surface area contributed by atoms with Crippen LogP contribution in [0.5, 0.6) is 5.75 Å². The molecule has 0 saturated carbocycles. The van der Waals surface area contributed by atoms with Crippen LogP contribution in [0.2, 0.25) is 0 Å². The van der Waals surface area contributed by atoms with E-state index in [1.807, 2.05) is 18.2 Å². The highest BCUT2D eigenvalue weighted by atomic mass is 16.5. The van der Waals surface area contributed by atoms with Gasteiger partial charge in [0.15, 0.2) is 0 Å². The van der Waals surface area contributed by atoms with E-state index in [0.29, 0.717) is 6.61 Å². The van der Waals surface area contributed by atoms with Crippen LogP contribution in [-0.4, -0.2) is 17.8 Å². The van der Waals surface area contributed by atoms with Gasteiger partial charge in [-0.1, -0.05) is 55.0 Å². The lowest BCUT2D eigenvalue weighted by atomic mass is 9.92. The van der Waals surface area contributed by atoms with Gasteiger partial charge in [-0.05, 0) is 25.5 Å². The minimum absolute atomic E-state index is 0.265. The molecule has 20 heavy (non-hydrogen) atoms. The van der Waals surface area contributed by atoms with E-state index in [1.54, 1.807) is 6.92 Å². The first-order valence-corrected chi connectivity index (χ1v) is 7.04. The average molecular weight is 270 g/mol. The van der Waals surface area contributed by atoms with Crippen molar-refractivity contribution >= 4 is 0 Å². The lowest BCUT2D eigenvalue weighted by molar-refractivity contribution is 0.122. The Morgan fingerprint density at radius 1 is 1.00 bits per heavy atom.